The smallest absolute Gasteiger partial charge is 0.289 e. The summed E-state index contributed by atoms with van der Waals surface area (Å²) >= 11 is 0. The van der Waals surface area contributed by atoms with Crippen molar-refractivity contribution in [2.45, 2.75) is 19.0 Å². The first kappa shape index (κ1) is 18.2. The summed E-state index contributed by atoms with van der Waals surface area (Å²) in [5.41, 5.74) is 3.11. The summed E-state index contributed by atoms with van der Waals surface area (Å²) in [4.78, 5) is 26.6. The molecule has 30 heavy (non-hydrogen) atoms. The van der Waals surface area contributed by atoms with Gasteiger partial charge in [-0.05, 0) is 24.6 Å². The maximum absolute atomic E-state index is 13.1. The lowest BCUT2D eigenvalue weighted by atomic mass is 9.96. The van der Waals surface area contributed by atoms with Crippen molar-refractivity contribution in [3.05, 3.63) is 90.6 Å². The first-order valence-corrected chi connectivity index (χ1v) is 9.91. The van der Waals surface area contributed by atoms with E-state index < -0.39 is 6.04 Å². The van der Waals surface area contributed by atoms with Crippen molar-refractivity contribution < 1.29 is 9.90 Å². The molecule has 150 valence electrons. The minimum atomic E-state index is -0.444. The van der Waals surface area contributed by atoms with Gasteiger partial charge in [0.1, 0.15) is 6.04 Å². The Morgan fingerprint density at radius 2 is 1.93 bits per heavy atom. The van der Waals surface area contributed by atoms with E-state index in [4.69, 9.17) is 0 Å². The fourth-order valence-electron chi connectivity index (χ4n) is 4.14. The van der Waals surface area contributed by atoms with Gasteiger partial charge < -0.3 is 19.6 Å². The zero-order valence-corrected chi connectivity index (χ0v) is 16.3. The molecule has 1 aliphatic heterocycles. The number of aliphatic hydroxyl groups excluding tert-OH is 1. The molecule has 2 N–H and O–H groups in total. The van der Waals surface area contributed by atoms with Gasteiger partial charge >= 0.3 is 0 Å². The summed E-state index contributed by atoms with van der Waals surface area (Å²) < 4.78 is 1.98. The summed E-state index contributed by atoms with van der Waals surface area (Å²) in [6.07, 6.45) is 9.70. The minimum absolute atomic E-state index is 0.210. The van der Waals surface area contributed by atoms with E-state index in [1.807, 2.05) is 59.4 Å². The van der Waals surface area contributed by atoms with Gasteiger partial charge in [-0.2, -0.15) is 0 Å². The number of imidazole rings is 1. The van der Waals surface area contributed by atoms with Gasteiger partial charge in [-0.25, -0.2) is 4.98 Å². The Hall–Kier alpha value is -3.87. The second-order valence-corrected chi connectivity index (χ2v) is 7.32. The summed E-state index contributed by atoms with van der Waals surface area (Å²) in [6.45, 7) is 1.23. The quantitative estimate of drug-likeness (QED) is 0.518. The van der Waals surface area contributed by atoms with E-state index in [0.29, 0.717) is 12.1 Å². The van der Waals surface area contributed by atoms with Crippen LogP contribution in [0.15, 0.2) is 79.3 Å². The fourth-order valence-corrected chi connectivity index (χ4v) is 4.14. The monoisotopic (exact) mass is 399 g/mol. The number of carbonyl (C=O) groups is 1. The van der Waals surface area contributed by atoms with Crippen LogP contribution in [0, 0.1) is 0 Å². The molecule has 7 heteroatoms. The molecular weight excluding hydrogens is 378 g/mol. The Kier molecular flexibility index (Phi) is 4.55. The Bertz CT molecular complexity index is 1210. The molecule has 4 heterocycles. The zero-order valence-electron chi connectivity index (χ0n) is 16.3. The Morgan fingerprint density at radius 1 is 1.07 bits per heavy atom. The molecule has 1 aliphatic rings. The minimum Gasteiger partial charge on any atom is -0.503 e. The number of aromatic nitrogens is 4. The van der Waals surface area contributed by atoms with Crippen LogP contribution >= 0.6 is 0 Å². The Balaban J connectivity index is 1.53. The third kappa shape index (κ3) is 3.04. The number of amides is 1. The molecule has 7 nitrogen and oxygen atoms in total. The summed E-state index contributed by atoms with van der Waals surface area (Å²) in [6, 6.07) is 13.1. The average Bonchev–Trinajstić information content (AvgIpc) is 3.50. The molecule has 0 saturated carbocycles. The topological polar surface area (TPSA) is 87.0 Å². The van der Waals surface area contributed by atoms with Crippen LogP contribution in [0.3, 0.4) is 0 Å². The molecule has 3 aromatic heterocycles. The van der Waals surface area contributed by atoms with Gasteiger partial charge in [0, 0.05) is 59.9 Å². The number of aromatic amines is 1. The standard InChI is InChI=1S/C23H21N5O2/c29-22-20(17-14-26-18-7-2-1-6-16(17)18)21(19-8-3-4-9-25-19)28(23(22)30)12-5-11-27-13-10-24-15-27/h1-4,6-10,13-15,21,26,29H,5,11-12H2. The predicted molar refractivity (Wildman–Crippen MR) is 113 cm³/mol. The molecule has 1 amide bonds. The highest BCUT2D eigenvalue weighted by molar-refractivity contribution is 6.08. The van der Waals surface area contributed by atoms with Crippen molar-refractivity contribution in [3.8, 4) is 0 Å². The molecule has 0 fully saturated rings. The molecule has 0 aliphatic carbocycles. The summed E-state index contributed by atoms with van der Waals surface area (Å²) in [5, 5.41) is 11.9. The molecule has 0 bridgehead atoms. The first-order chi connectivity index (χ1) is 14.7. The number of hydrogen-bond acceptors (Lipinski definition) is 4. The lowest BCUT2D eigenvalue weighted by Crippen LogP contribution is -2.32. The van der Waals surface area contributed by atoms with Crippen LogP contribution in [0.5, 0.6) is 0 Å². The van der Waals surface area contributed by atoms with Crippen LogP contribution in [-0.2, 0) is 11.3 Å². The van der Waals surface area contributed by atoms with Crippen molar-refractivity contribution in [2.75, 3.05) is 6.54 Å². The number of nitrogens with one attached hydrogen (secondary N) is 1. The maximum Gasteiger partial charge on any atom is 0.289 e. The average molecular weight is 399 g/mol. The largest absolute Gasteiger partial charge is 0.503 e. The van der Waals surface area contributed by atoms with Crippen LogP contribution < -0.4 is 0 Å². The van der Waals surface area contributed by atoms with E-state index in [2.05, 4.69) is 15.0 Å². The molecule has 0 spiro atoms. The Morgan fingerprint density at radius 3 is 2.73 bits per heavy atom. The van der Waals surface area contributed by atoms with Crippen molar-refractivity contribution in [1.82, 2.24) is 24.4 Å². The van der Waals surface area contributed by atoms with Gasteiger partial charge in [0.25, 0.3) is 5.91 Å². The molecule has 1 aromatic carbocycles. The van der Waals surface area contributed by atoms with Gasteiger partial charge in [0.15, 0.2) is 5.76 Å². The first-order valence-electron chi connectivity index (χ1n) is 9.91. The molecular formula is C23H21N5O2. The van der Waals surface area contributed by atoms with E-state index in [-0.39, 0.29) is 11.7 Å². The van der Waals surface area contributed by atoms with Crippen LogP contribution in [0.2, 0.25) is 0 Å². The maximum atomic E-state index is 13.1. The SMILES string of the molecule is O=C1C(O)=C(c2c[nH]c3ccccc23)C(c2ccccn2)N1CCCn1ccnc1. The summed E-state index contributed by atoms with van der Waals surface area (Å²) in [7, 11) is 0. The number of fused-ring (bicyclic) bond motifs is 1. The van der Waals surface area contributed by atoms with Crippen molar-refractivity contribution >= 4 is 22.4 Å². The van der Waals surface area contributed by atoms with E-state index >= 15 is 0 Å². The Labute approximate surface area is 173 Å². The fraction of sp³-hybridized carbons (Fsp3) is 0.174. The number of hydrogen-bond donors (Lipinski definition) is 2. The molecule has 1 unspecified atom stereocenters. The second-order valence-electron chi connectivity index (χ2n) is 7.32. The lowest BCUT2D eigenvalue weighted by molar-refractivity contribution is -0.129. The highest BCUT2D eigenvalue weighted by Gasteiger charge is 2.42. The van der Waals surface area contributed by atoms with Crippen LogP contribution in [-0.4, -0.2) is 42.0 Å². The van der Waals surface area contributed by atoms with E-state index in [9.17, 15) is 9.90 Å². The van der Waals surface area contributed by atoms with Gasteiger partial charge in [0.2, 0.25) is 0 Å². The van der Waals surface area contributed by atoms with Gasteiger partial charge in [-0.15, -0.1) is 0 Å². The molecule has 0 radical (unpaired) electrons. The van der Waals surface area contributed by atoms with Crippen LogP contribution in [0.1, 0.15) is 23.7 Å². The normalized spacial score (nSPS) is 16.7. The number of nitrogens with zero attached hydrogens (tertiary/aromatic N) is 4. The molecule has 5 rings (SSSR count). The summed E-state index contributed by atoms with van der Waals surface area (Å²) in [5.74, 6) is -0.574. The van der Waals surface area contributed by atoms with E-state index in [1.165, 1.54) is 0 Å². The third-order valence-corrected chi connectivity index (χ3v) is 5.53. The third-order valence-electron chi connectivity index (χ3n) is 5.53. The molecule has 4 aromatic rings. The number of rotatable bonds is 6. The number of aliphatic hydroxyl groups is 1. The highest BCUT2D eigenvalue weighted by atomic mass is 16.3. The number of carbonyl (C=O) groups excluding carboxylic acids is 1. The van der Waals surface area contributed by atoms with Crippen molar-refractivity contribution in [1.29, 1.82) is 0 Å². The number of pyridine rings is 1. The van der Waals surface area contributed by atoms with Gasteiger partial charge in [-0.1, -0.05) is 24.3 Å². The lowest BCUT2D eigenvalue weighted by Gasteiger charge is -2.26. The van der Waals surface area contributed by atoms with Crippen LogP contribution in [0.4, 0.5) is 0 Å². The van der Waals surface area contributed by atoms with Crippen molar-refractivity contribution in [2.24, 2.45) is 0 Å². The second kappa shape index (κ2) is 7.51. The van der Waals surface area contributed by atoms with E-state index in [1.54, 1.807) is 23.6 Å². The number of H-pyrrole nitrogens is 1. The number of benzene rings is 1. The molecule has 0 saturated heterocycles. The zero-order chi connectivity index (χ0) is 20.5. The number of para-hydroxylation sites is 1. The highest BCUT2D eigenvalue weighted by Crippen LogP contribution is 2.44. The van der Waals surface area contributed by atoms with Gasteiger partial charge in [0.05, 0.1) is 12.0 Å². The van der Waals surface area contributed by atoms with E-state index in [0.717, 1.165) is 35.1 Å². The van der Waals surface area contributed by atoms with Crippen molar-refractivity contribution in [3.63, 3.8) is 0 Å². The predicted octanol–water partition coefficient (Wildman–Crippen LogP) is 3.70. The number of aryl methyl sites for hydroxylation is 1. The van der Waals surface area contributed by atoms with Crippen LogP contribution in [0.25, 0.3) is 16.5 Å². The molecule has 1 atom stereocenters. The van der Waals surface area contributed by atoms with Gasteiger partial charge in [-0.3, -0.25) is 9.78 Å².